The molecule has 3 fully saturated rings. The van der Waals surface area contributed by atoms with E-state index in [1.54, 1.807) is 0 Å². The summed E-state index contributed by atoms with van der Waals surface area (Å²) in [6, 6.07) is 0. The molecule has 3 heteroatoms. The summed E-state index contributed by atoms with van der Waals surface area (Å²) in [5.74, 6) is 2.99. The number of fused-ring (bicyclic) bond motifs is 1. The monoisotopic (exact) mass is 418 g/mol. The second-order valence-electron chi connectivity index (χ2n) is 11.0. The molecule has 0 radical (unpaired) electrons. The zero-order chi connectivity index (χ0) is 21.9. The summed E-state index contributed by atoms with van der Waals surface area (Å²) in [4.78, 5) is 0. The van der Waals surface area contributed by atoms with Gasteiger partial charge in [-0.25, -0.2) is 4.39 Å². The highest BCUT2D eigenvalue weighted by molar-refractivity contribution is 5.39. The van der Waals surface area contributed by atoms with Crippen molar-refractivity contribution in [1.29, 1.82) is 0 Å². The molecular weight excluding hydrogens is 375 g/mol. The van der Waals surface area contributed by atoms with Gasteiger partial charge < -0.3 is 10.2 Å². The molecular formula is C27H43FO2. The van der Waals surface area contributed by atoms with Crippen molar-refractivity contribution in [2.45, 2.75) is 104 Å². The fraction of sp³-hybridized carbons (Fsp3) is 0.778. The minimum atomic E-state index is -0.900. The average Bonchev–Trinajstić information content (AvgIpc) is 3.03. The van der Waals surface area contributed by atoms with Crippen LogP contribution in [0.25, 0.3) is 0 Å². The smallest absolute Gasteiger partial charge is 0.0927 e. The molecule has 3 rings (SSSR count). The molecule has 6 atom stereocenters. The van der Waals surface area contributed by atoms with Crippen LogP contribution in [0.2, 0.25) is 0 Å². The molecule has 170 valence electrons. The number of rotatable bonds is 6. The van der Waals surface area contributed by atoms with Crippen LogP contribution in [-0.4, -0.2) is 22.4 Å². The fourth-order valence-electron chi connectivity index (χ4n) is 6.83. The number of allylic oxidation sites excluding steroid dienone is 3. The Labute approximate surface area is 183 Å². The summed E-state index contributed by atoms with van der Waals surface area (Å²) in [5.41, 5.74) is 2.98. The van der Waals surface area contributed by atoms with E-state index in [0.717, 1.165) is 29.7 Å². The van der Waals surface area contributed by atoms with E-state index in [4.69, 9.17) is 0 Å². The van der Waals surface area contributed by atoms with Crippen molar-refractivity contribution in [3.05, 3.63) is 35.2 Å². The summed E-state index contributed by atoms with van der Waals surface area (Å²) in [6.45, 7) is 9.63. The Bertz CT molecular complexity index is 676. The third kappa shape index (κ3) is 5.10. The SMILES string of the molecule is CC(C)CCC[C@@H](C)[C@H]1CC[C@H]2/C(=C/C=C3\C[C@H](O)C[C@@H](O)\C3=C/F)CCC[C@]12C. The maximum atomic E-state index is 13.4. The van der Waals surface area contributed by atoms with Crippen LogP contribution in [-0.2, 0) is 0 Å². The van der Waals surface area contributed by atoms with Gasteiger partial charge in [0.2, 0.25) is 0 Å². The minimum Gasteiger partial charge on any atom is -0.393 e. The van der Waals surface area contributed by atoms with Crippen molar-refractivity contribution < 1.29 is 14.6 Å². The Kier molecular flexibility index (Phi) is 8.01. The van der Waals surface area contributed by atoms with Crippen LogP contribution in [0.3, 0.4) is 0 Å². The molecule has 0 aromatic carbocycles. The average molecular weight is 419 g/mol. The molecule has 0 aromatic heterocycles. The zero-order valence-corrected chi connectivity index (χ0v) is 19.5. The summed E-state index contributed by atoms with van der Waals surface area (Å²) in [7, 11) is 0. The molecule has 0 amide bonds. The van der Waals surface area contributed by atoms with E-state index in [9.17, 15) is 14.6 Å². The molecule has 3 saturated carbocycles. The van der Waals surface area contributed by atoms with Gasteiger partial charge in [0.25, 0.3) is 0 Å². The topological polar surface area (TPSA) is 40.5 Å². The Morgan fingerprint density at radius 2 is 1.90 bits per heavy atom. The summed E-state index contributed by atoms with van der Waals surface area (Å²) in [6.07, 6.45) is 14.1. The number of hydrogen-bond donors (Lipinski definition) is 2. The van der Waals surface area contributed by atoms with Crippen LogP contribution >= 0.6 is 0 Å². The zero-order valence-electron chi connectivity index (χ0n) is 19.5. The third-order valence-electron chi connectivity index (χ3n) is 8.46. The van der Waals surface area contributed by atoms with Crippen molar-refractivity contribution in [1.82, 2.24) is 0 Å². The molecule has 2 N–H and O–H groups in total. The first kappa shape index (κ1) is 23.7. The number of aliphatic hydroxyl groups is 2. The van der Waals surface area contributed by atoms with Gasteiger partial charge in [-0.15, -0.1) is 0 Å². The van der Waals surface area contributed by atoms with Crippen LogP contribution < -0.4 is 0 Å². The van der Waals surface area contributed by atoms with Gasteiger partial charge in [0.15, 0.2) is 0 Å². The second-order valence-corrected chi connectivity index (χ2v) is 11.0. The van der Waals surface area contributed by atoms with Crippen molar-refractivity contribution in [3.8, 4) is 0 Å². The molecule has 0 spiro atoms. The Hall–Kier alpha value is -0.930. The first-order chi connectivity index (χ1) is 14.3. The number of aliphatic hydroxyl groups excluding tert-OH is 2. The van der Waals surface area contributed by atoms with Gasteiger partial charge in [0.05, 0.1) is 18.5 Å². The largest absolute Gasteiger partial charge is 0.393 e. The highest BCUT2D eigenvalue weighted by Crippen LogP contribution is 2.60. The van der Waals surface area contributed by atoms with Crippen molar-refractivity contribution in [2.24, 2.45) is 29.1 Å². The molecule has 0 saturated heterocycles. The molecule has 0 bridgehead atoms. The summed E-state index contributed by atoms with van der Waals surface area (Å²) < 4.78 is 13.4. The second kappa shape index (κ2) is 10.1. The normalized spacial score (nSPS) is 39.8. The van der Waals surface area contributed by atoms with E-state index in [-0.39, 0.29) is 6.42 Å². The van der Waals surface area contributed by atoms with E-state index in [2.05, 4.69) is 33.8 Å². The van der Waals surface area contributed by atoms with E-state index < -0.39 is 12.2 Å². The van der Waals surface area contributed by atoms with Gasteiger partial charge >= 0.3 is 0 Å². The Morgan fingerprint density at radius 1 is 1.13 bits per heavy atom. The molecule has 3 aliphatic carbocycles. The molecule has 0 heterocycles. The fourth-order valence-corrected chi connectivity index (χ4v) is 6.83. The lowest BCUT2D eigenvalue weighted by Crippen LogP contribution is -2.36. The van der Waals surface area contributed by atoms with Gasteiger partial charge in [-0.1, -0.05) is 64.7 Å². The van der Waals surface area contributed by atoms with E-state index >= 15 is 0 Å². The van der Waals surface area contributed by atoms with Gasteiger partial charge in [-0.05, 0) is 73.2 Å². The number of hydrogen-bond acceptors (Lipinski definition) is 2. The lowest BCUT2D eigenvalue weighted by atomic mass is 9.60. The molecule has 3 aliphatic rings. The van der Waals surface area contributed by atoms with Crippen molar-refractivity contribution >= 4 is 0 Å². The predicted octanol–water partition coefficient (Wildman–Crippen LogP) is 6.89. The molecule has 30 heavy (non-hydrogen) atoms. The van der Waals surface area contributed by atoms with Crippen molar-refractivity contribution in [3.63, 3.8) is 0 Å². The van der Waals surface area contributed by atoms with Gasteiger partial charge in [0, 0.05) is 12.0 Å². The number of halogens is 1. The van der Waals surface area contributed by atoms with Crippen molar-refractivity contribution in [2.75, 3.05) is 0 Å². The first-order valence-electron chi connectivity index (χ1n) is 12.3. The third-order valence-corrected chi connectivity index (χ3v) is 8.46. The summed E-state index contributed by atoms with van der Waals surface area (Å²) >= 11 is 0. The van der Waals surface area contributed by atoms with E-state index in [1.165, 1.54) is 50.5 Å². The highest BCUT2D eigenvalue weighted by atomic mass is 19.1. The first-order valence-corrected chi connectivity index (χ1v) is 12.3. The van der Waals surface area contributed by atoms with Gasteiger partial charge in [-0.3, -0.25) is 0 Å². The molecule has 2 nitrogen and oxygen atoms in total. The van der Waals surface area contributed by atoms with Crippen LogP contribution in [0.1, 0.15) is 91.9 Å². The highest BCUT2D eigenvalue weighted by Gasteiger charge is 2.50. The van der Waals surface area contributed by atoms with E-state index in [1.807, 2.05) is 6.08 Å². The summed E-state index contributed by atoms with van der Waals surface area (Å²) in [5, 5.41) is 20.1. The lowest BCUT2D eigenvalue weighted by molar-refractivity contribution is 0.0850. The van der Waals surface area contributed by atoms with Crippen LogP contribution in [0, 0.1) is 29.1 Å². The van der Waals surface area contributed by atoms with Crippen LogP contribution in [0.15, 0.2) is 35.2 Å². The standard InChI is InChI=1S/C27H43FO2/c1-18(2)7-5-8-19(3)24-12-13-25-20(9-6-14-27(24,25)4)10-11-21-15-22(29)16-26(30)23(21)17-28/h10-11,17-19,22,24-26,29-30H,5-9,12-16H2,1-4H3/b20-10+,21-11+,23-17-/t19-,22+,24-,25+,26-,27-/m1/s1. The molecule has 0 unspecified atom stereocenters. The quantitative estimate of drug-likeness (QED) is 0.493. The van der Waals surface area contributed by atoms with Gasteiger partial charge in [-0.2, -0.15) is 0 Å². The molecule has 0 aliphatic heterocycles. The minimum absolute atomic E-state index is 0.223. The predicted molar refractivity (Wildman–Crippen MR) is 123 cm³/mol. The molecule has 0 aromatic rings. The van der Waals surface area contributed by atoms with Crippen LogP contribution in [0.4, 0.5) is 4.39 Å². The Morgan fingerprint density at radius 3 is 2.60 bits per heavy atom. The van der Waals surface area contributed by atoms with E-state index in [0.29, 0.717) is 29.7 Å². The lowest BCUT2D eigenvalue weighted by Gasteiger charge is -2.44. The Balaban J connectivity index is 1.74. The maximum Gasteiger partial charge on any atom is 0.0927 e. The van der Waals surface area contributed by atoms with Gasteiger partial charge in [0.1, 0.15) is 0 Å². The maximum absolute atomic E-state index is 13.4. The van der Waals surface area contributed by atoms with Crippen LogP contribution in [0.5, 0.6) is 0 Å².